The molecule has 3 aromatic rings. The number of hydrogen-bond donors (Lipinski definition) is 1. The Labute approximate surface area is 137 Å². The molecule has 6 heteroatoms. The summed E-state index contributed by atoms with van der Waals surface area (Å²) >= 11 is 1.61. The third kappa shape index (κ3) is 3.67. The van der Waals surface area contributed by atoms with Gasteiger partial charge in [0.2, 0.25) is 0 Å². The minimum atomic E-state index is -0.777. The zero-order valence-electron chi connectivity index (χ0n) is 12.8. The minimum Gasteiger partial charge on any atom is -0.389 e. The number of hydrogen-bond acceptors (Lipinski definition) is 5. The fourth-order valence-electron chi connectivity index (χ4n) is 2.47. The van der Waals surface area contributed by atoms with Gasteiger partial charge in [-0.05, 0) is 24.4 Å². The molecule has 23 heavy (non-hydrogen) atoms. The molecule has 1 aromatic carbocycles. The number of benzene rings is 1. The van der Waals surface area contributed by atoms with Crippen LogP contribution in [-0.2, 0) is 17.9 Å². The van der Waals surface area contributed by atoms with Crippen LogP contribution in [0.5, 0.6) is 0 Å². The van der Waals surface area contributed by atoms with E-state index in [1.54, 1.807) is 17.4 Å². The molecule has 0 saturated heterocycles. The Morgan fingerprint density at radius 3 is 2.78 bits per heavy atom. The third-order valence-corrected chi connectivity index (χ3v) is 4.42. The molecule has 0 saturated carbocycles. The lowest BCUT2D eigenvalue weighted by Crippen LogP contribution is -2.31. The number of aliphatic hydroxyl groups excluding tert-OH is 1. The zero-order valence-corrected chi connectivity index (χ0v) is 13.6. The van der Waals surface area contributed by atoms with Gasteiger partial charge < -0.3 is 9.84 Å². The number of fused-ring (bicyclic) bond motifs is 1. The molecule has 1 atom stereocenters. The molecule has 0 radical (unpaired) electrons. The topological polar surface area (TPSA) is 64.3 Å². The Balaban J connectivity index is 1.68. The summed E-state index contributed by atoms with van der Waals surface area (Å²) in [5.74, 6) is 0. The molecule has 0 aliphatic heterocycles. The van der Waals surface area contributed by atoms with Gasteiger partial charge in [0.05, 0.1) is 36.9 Å². The molecular weight excluding hydrogens is 312 g/mol. The molecule has 3 rings (SSSR count). The van der Waals surface area contributed by atoms with E-state index in [0.29, 0.717) is 12.0 Å². The molecule has 1 unspecified atom stereocenters. The van der Waals surface area contributed by atoms with Crippen LogP contribution in [0, 0.1) is 6.92 Å². The number of rotatable bonds is 6. The Bertz CT molecular complexity index is 843. The van der Waals surface area contributed by atoms with E-state index < -0.39 is 6.10 Å². The maximum absolute atomic E-state index is 12.4. The first-order valence-electron chi connectivity index (χ1n) is 7.40. The first kappa shape index (κ1) is 15.9. The molecule has 2 aromatic heterocycles. The number of ether oxygens (including phenoxy) is 1. The molecule has 120 valence electrons. The van der Waals surface area contributed by atoms with Crippen molar-refractivity contribution in [1.29, 1.82) is 0 Å². The molecule has 0 fully saturated rings. The second-order valence-electron chi connectivity index (χ2n) is 5.37. The van der Waals surface area contributed by atoms with Crippen molar-refractivity contribution in [2.24, 2.45) is 0 Å². The molecular formula is C17H18N2O3S. The van der Waals surface area contributed by atoms with Gasteiger partial charge in [-0.1, -0.05) is 24.3 Å². The van der Waals surface area contributed by atoms with Crippen molar-refractivity contribution in [2.45, 2.75) is 26.2 Å². The van der Waals surface area contributed by atoms with Crippen LogP contribution >= 0.6 is 11.3 Å². The van der Waals surface area contributed by atoms with E-state index in [0.717, 1.165) is 16.0 Å². The van der Waals surface area contributed by atoms with Crippen molar-refractivity contribution in [1.82, 2.24) is 9.78 Å². The Kier molecular flexibility index (Phi) is 4.85. The van der Waals surface area contributed by atoms with Gasteiger partial charge in [-0.2, -0.15) is 5.10 Å². The summed E-state index contributed by atoms with van der Waals surface area (Å²) in [5, 5.41) is 17.8. The van der Waals surface area contributed by atoms with Crippen LogP contribution in [0.4, 0.5) is 0 Å². The predicted octanol–water partition coefficient (Wildman–Crippen LogP) is 2.34. The SMILES string of the molecule is Cc1nn(CC(O)COCc2cccs2)c(=O)c2ccccc12. The molecule has 0 aliphatic carbocycles. The summed E-state index contributed by atoms with van der Waals surface area (Å²) in [5.41, 5.74) is 0.579. The fourth-order valence-corrected chi connectivity index (χ4v) is 3.11. The highest BCUT2D eigenvalue weighted by Crippen LogP contribution is 2.12. The van der Waals surface area contributed by atoms with E-state index in [9.17, 15) is 9.90 Å². The smallest absolute Gasteiger partial charge is 0.274 e. The van der Waals surface area contributed by atoms with Crippen LogP contribution in [0.15, 0.2) is 46.6 Å². The third-order valence-electron chi connectivity index (χ3n) is 3.57. The predicted molar refractivity (Wildman–Crippen MR) is 90.7 cm³/mol. The van der Waals surface area contributed by atoms with Gasteiger partial charge in [-0.15, -0.1) is 11.3 Å². The van der Waals surface area contributed by atoms with Crippen LogP contribution in [0.1, 0.15) is 10.6 Å². The number of thiophene rings is 1. The van der Waals surface area contributed by atoms with E-state index >= 15 is 0 Å². The van der Waals surface area contributed by atoms with Gasteiger partial charge >= 0.3 is 0 Å². The maximum atomic E-state index is 12.4. The Morgan fingerprint density at radius 2 is 2.04 bits per heavy atom. The standard InChI is InChI=1S/C17H18N2O3S/c1-12-15-6-2-3-7-16(15)17(21)19(18-12)9-13(20)10-22-11-14-5-4-8-23-14/h2-8,13,20H,9-11H2,1H3. The molecule has 1 N–H and O–H groups in total. The summed E-state index contributed by atoms with van der Waals surface area (Å²) in [7, 11) is 0. The van der Waals surface area contributed by atoms with E-state index in [1.807, 2.05) is 42.6 Å². The highest BCUT2D eigenvalue weighted by atomic mass is 32.1. The van der Waals surface area contributed by atoms with Gasteiger partial charge in [-0.3, -0.25) is 4.79 Å². The average molecular weight is 330 g/mol. The van der Waals surface area contributed by atoms with Crippen LogP contribution in [0.25, 0.3) is 10.8 Å². The van der Waals surface area contributed by atoms with E-state index in [1.165, 1.54) is 4.68 Å². The van der Waals surface area contributed by atoms with E-state index in [4.69, 9.17) is 4.74 Å². The molecule has 0 amide bonds. The molecule has 0 aliphatic rings. The second kappa shape index (κ2) is 7.04. The monoisotopic (exact) mass is 330 g/mol. The largest absolute Gasteiger partial charge is 0.389 e. The quantitative estimate of drug-likeness (QED) is 0.753. The Hall–Kier alpha value is -2.02. The van der Waals surface area contributed by atoms with Gasteiger partial charge in [0.1, 0.15) is 0 Å². The van der Waals surface area contributed by atoms with Gasteiger partial charge in [0, 0.05) is 10.3 Å². The highest BCUT2D eigenvalue weighted by molar-refractivity contribution is 7.09. The van der Waals surface area contributed by atoms with Crippen molar-refractivity contribution in [3.8, 4) is 0 Å². The first-order chi connectivity index (χ1) is 11.1. The lowest BCUT2D eigenvalue weighted by molar-refractivity contribution is 0.0189. The first-order valence-corrected chi connectivity index (χ1v) is 8.28. The highest BCUT2D eigenvalue weighted by Gasteiger charge is 2.12. The van der Waals surface area contributed by atoms with Crippen molar-refractivity contribution in [3.63, 3.8) is 0 Å². The summed E-state index contributed by atoms with van der Waals surface area (Å²) < 4.78 is 6.80. The van der Waals surface area contributed by atoms with Crippen molar-refractivity contribution in [2.75, 3.05) is 6.61 Å². The van der Waals surface area contributed by atoms with E-state index in [-0.39, 0.29) is 18.7 Å². The minimum absolute atomic E-state index is 0.120. The van der Waals surface area contributed by atoms with Gasteiger partial charge in [0.25, 0.3) is 5.56 Å². The van der Waals surface area contributed by atoms with Crippen LogP contribution < -0.4 is 5.56 Å². The molecule has 2 heterocycles. The van der Waals surface area contributed by atoms with Gasteiger partial charge in [0.15, 0.2) is 0 Å². The number of aryl methyl sites for hydroxylation is 1. The number of aromatic nitrogens is 2. The maximum Gasteiger partial charge on any atom is 0.274 e. The summed E-state index contributed by atoms with van der Waals surface area (Å²) in [6, 6.07) is 11.3. The number of aliphatic hydroxyl groups is 1. The van der Waals surface area contributed by atoms with Crippen LogP contribution in [0.2, 0.25) is 0 Å². The molecule has 0 bridgehead atoms. The average Bonchev–Trinajstić information content (AvgIpc) is 3.06. The van der Waals surface area contributed by atoms with Crippen LogP contribution in [0.3, 0.4) is 0 Å². The summed E-state index contributed by atoms with van der Waals surface area (Å²) in [4.78, 5) is 13.5. The lowest BCUT2D eigenvalue weighted by atomic mass is 10.1. The summed E-state index contributed by atoms with van der Waals surface area (Å²) in [6.45, 7) is 2.61. The van der Waals surface area contributed by atoms with Crippen LogP contribution in [-0.4, -0.2) is 27.6 Å². The van der Waals surface area contributed by atoms with E-state index in [2.05, 4.69) is 5.10 Å². The van der Waals surface area contributed by atoms with Gasteiger partial charge in [-0.25, -0.2) is 4.68 Å². The molecule has 5 nitrogen and oxygen atoms in total. The normalized spacial score (nSPS) is 12.6. The Morgan fingerprint density at radius 1 is 1.26 bits per heavy atom. The second-order valence-corrected chi connectivity index (χ2v) is 6.40. The molecule has 0 spiro atoms. The lowest BCUT2D eigenvalue weighted by Gasteiger charge is -2.13. The van der Waals surface area contributed by atoms with Crippen molar-refractivity contribution < 1.29 is 9.84 Å². The van der Waals surface area contributed by atoms with Crippen molar-refractivity contribution in [3.05, 3.63) is 62.7 Å². The van der Waals surface area contributed by atoms with Crippen molar-refractivity contribution >= 4 is 22.1 Å². The fraction of sp³-hybridized carbons (Fsp3) is 0.294. The zero-order chi connectivity index (χ0) is 16.2. The number of nitrogens with zero attached hydrogens (tertiary/aromatic N) is 2. The summed E-state index contributed by atoms with van der Waals surface area (Å²) in [6.07, 6.45) is -0.777.